The smallest absolute Gasteiger partial charge is 0.224 e. The number of hydrogen-bond donors (Lipinski definition) is 1. The molecule has 2 aromatic rings. The van der Waals surface area contributed by atoms with Crippen LogP contribution < -0.4 is 10.1 Å². The summed E-state index contributed by atoms with van der Waals surface area (Å²) in [7, 11) is 1.68. The molecule has 2 saturated heterocycles. The lowest BCUT2D eigenvalue weighted by Crippen LogP contribution is -2.31. The largest absolute Gasteiger partial charge is 0.474 e. The number of pyridine rings is 1. The lowest BCUT2D eigenvalue weighted by Gasteiger charge is -2.31. The lowest BCUT2D eigenvalue weighted by atomic mass is 9.89. The third-order valence-corrected chi connectivity index (χ3v) is 6.42. The summed E-state index contributed by atoms with van der Waals surface area (Å²) in [6.45, 7) is 5.34. The Hall–Kier alpha value is -2.33. The van der Waals surface area contributed by atoms with Gasteiger partial charge in [-0.1, -0.05) is 6.08 Å². The number of anilines is 1. The summed E-state index contributed by atoms with van der Waals surface area (Å²) >= 11 is 0. The summed E-state index contributed by atoms with van der Waals surface area (Å²) in [5.41, 5.74) is 3.04. The van der Waals surface area contributed by atoms with Crippen molar-refractivity contribution in [3.8, 4) is 5.88 Å². The number of ether oxygens (including phenoxy) is 5. The highest BCUT2D eigenvalue weighted by atomic mass is 16.7. The Morgan fingerprint density at radius 2 is 1.97 bits per heavy atom. The summed E-state index contributed by atoms with van der Waals surface area (Å²) in [4.78, 5) is 14.1. The van der Waals surface area contributed by atoms with Crippen LogP contribution in [0.1, 0.15) is 44.6 Å². The van der Waals surface area contributed by atoms with Gasteiger partial charge in [-0.25, -0.2) is 15.0 Å². The first-order valence-electron chi connectivity index (χ1n) is 11.8. The predicted molar refractivity (Wildman–Crippen MR) is 123 cm³/mol. The third kappa shape index (κ3) is 4.96. The van der Waals surface area contributed by atoms with Crippen molar-refractivity contribution in [1.29, 1.82) is 0 Å². The van der Waals surface area contributed by atoms with Crippen molar-refractivity contribution in [1.82, 2.24) is 15.0 Å². The minimum atomic E-state index is -0.462. The van der Waals surface area contributed by atoms with Crippen LogP contribution in [0.15, 0.2) is 18.5 Å². The number of methoxy groups -OCH3 is 1. The number of hydrogen-bond acceptors (Lipinski definition) is 9. The van der Waals surface area contributed by atoms with E-state index in [1.54, 1.807) is 7.11 Å². The summed E-state index contributed by atoms with van der Waals surface area (Å²) in [6.07, 6.45) is 10.1. The molecule has 3 aliphatic rings. The zero-order valence-electron chi connectivity index (χ0n) is 19.3. The summed E-state index contributed by atoms with van der Waals surface area (Å²) < 4.78 is 28.7. The standard InChI is InChI=1S/C24H32N4O5/c1-16(15-29-2)27-23-26-14-20-21(28-23)19(13-25-22(20)33-18-5-9-30-10-6-18)17-3-7-24(8-4-17)31-11-12-32-24/h3,13-14,16,18H,4-12,15H2,1-2H3,(H,26,27,28)/t16-/m0/s1. The van der Waals surface area contributed by atoms with E-state index in [-0.39, 0.29) is 12.1 Å². The molecule has 1 N–H and O–H groups in total. The molecule has 0 aromatic carbocycles. The van der Waals surface area contributed by atoms with Gasteiger partial charge in [0.15, 0.2) is 5.79 Å². The van der Waals surface area contributed by atoms with Gasteiger partial charge in [0, 0.05) is 56.8 Å². The van der Waals surface area contributed by atoms with Crippen LogP contribution in [0.2, 0.25) is 0 Å². The molecular formula is C24H32N4O5. The second kappa shape index (κ2) is 9.89. The number of allylic oxidation sites excluding steroid dienone is 1. The second-order valence-corrected chi connectivity index (χ2v) is 8.90. The highest BCUT2D eigenvalue weighted by Gasteiger charge is 2.38. The molecule has 2 aromatic heterocycles. The van der Waals surface area contributed by atoms with Crippen LogP contribution in [0, 0.1) is 0 Å². The van der Waals surface area contributed by atoms with Crippen molar-refractivity contribution in [3.05, 3.63) is 24.0 Å². The van der Waals surface area contributed by atoms with Gasteiger partial charge in [-0.3, -0.25) is 0 Å². The first-order chi connectivity index (χ1) is 16.2. The SMILES string of the molecule is COC[C@H](C)Nc1ncc2c(OC3CCOCC3)ncc(C3=CCC4(CC3)OCCO4)c2n1. The zero-order chi connectivity index (χ0) is 22.7. The number of nitrogens with zero attached hydrogens (tertiary/aromatic N) is 3. The molecule has 1 spiro atoms. The summed E-state index contributed by atoms with van der Waals surface area (Å²) in [5.74, 6) is 0.676. The maximum absolute atomic E-state index is 6.28. The molecule has 0 unspecified atom stereocenters. The highest BCUT2D eigenvalue weighted by Crippen LogP contribution is 2.40. The minimum Gasteiger partial charge on any atom is -0.474 e. The van der Waals surface area contributed by atoms with Gasteiger partial charge >= 0.3 is 0 Å². The maximum Gasteiger partial charge on any atom is 0.224 e. The van der Waals surface area contributed by atoms with Gasteiger partial charge in [0.1, 0.15) is 6.10 Å². The predicted octanol–water partition coefficient (Wildman–Crippen LogP) is 3.34. The van der Waals surface area contributed by atoms with Crippen molar-refractivity contribution < 1.29 is 23.7 Å². The summed E-state index contributed by atoms with van der Waals surface area (Å²) in [6, 6.07) is 0.0844. The van der Waals surface area contributed by atoms with Gasteiger partial charge in [-0.05, 0) is 18.9 Å². The number of rotatable bonds is 7. The van der Waals surface area contributed by atoms with Gasteiger partial charge in [-0.2, -0.15) is 0 Å². The van der Waals surface area contributed by atoms with E-state index in [0.717, 1.165) is 48.6 Å². The molecule has 1 aliphatic carbocycles. The van der Waals surface area contributed by atoms with Crippen molar-refractivity contribution in [2.45, 2.75) is 57.0 Å². The molecular weight excluding hydrogens is 424 g/mol. The van der Waals surface area contributed by atoms with Crippen LogP contribution in [0.3, 0.4) is 0 Å². The maximum atomic E-state index is 6.28. The van der Waals surface area contributed by atoms with Gasteiger partial charge in [-0.15, -0.1) is 0 Å². The van der Waals surface area contributed by atoms with Crippen LogP contribution in [0.5, 0.6) is 5.88 Å². The highest BCUT2D eigenvalue weighted by molar-refractivity contribution is 5.93. The molecule has 2 fully saturated rings. The van der Waals surface area contributed by atoms with Crippen LogP contribution in [-0.4, -0.2) is 73.0 Å². The van der Waals surface area contributed by atoms with Crippen LogP contribution in [-0.2, 0) is 18.9 Å². The molecule has 33 heavy (non-hydrogen) atoms. The van der Waals surface area contributed by atoms with E-state index in [1.807, 2.05) is 19.3 Å². The van der Waals surface area contributed by atoms with E-state index in [4.69, 9.17) is 33.7 Å². The molecule has 1 atom stereocenters. The van der Waals surface area contributed by atoms with Gasteiger partial charge < -0.3 is 29.0 Å². The van der Waals surface area contributed by atoms with Crippen molar-refractivity contribution in [2.24, 2.45) is 0 Å². The van der Waals surface area contributed by atoms with Gasteiger partial charge in [0.2, 0.25) is 11.8 Å². The molecule has 4 heterocycles. The fourth-order valence-electron chi connectivity index (χ4n) is 4.67. The first kappa shape index (κ1) is 22.5. The zero-order valence-corrected chi connectivity index (χ0v) is 19.3. The lowest BCUT2D eigenvalue weighted by molar-refractivity contribution is -0.159. The van der Waals surface area contributed by atoms with E-state index >= 15 is 0 Å². The van der Waals surface area contributed by atoms with Gasteiger partial charge in [0.25, 0.3) is 0 Å². The monoisotopic (exact) mass is 456 g/mol. The molecule has 9 nitrogen and oxygen atoms in total. The average Bonchev–Trinajstić information content (AvgIpc) is 3.29. The molecule has 0 amide bonds. The molecule has 178 valence electrons. The fraction of sp³-hybridized carbons (Fsp3) is 0.625. The third-order valence-electron chi connectivity index (χ3n) is 6.42. The van der Waals surface area contributed by atoms with Crippen molar-refractivity contribution in [2.75, 3.05) is 45.5 Å². The van der Waals surface area contributed by atoms with E-state index in [0.29, 0.717) is 44.9 Å². The quantitative estimate of drug-likeness (QED) is 0.673. The Labute approximate surface area is 193 Å². The van der Waals surface area contributed by atoms with E-state index in [9.17, 15) is 0 Å². The Morgan fingerprint density at radius 1 is 1.15 bits per heavy atom. The van der Waals surface area contributed by atoms with Crippen molar-refractivity contribution in [3.63, 3.8) is 0 Å². The van der Waals surface area contributed by atoms with Crippen LogP contribution in [0.25, 0.3) is 16.5 Å². The van der Waals surface area contributed by atoms with Crippen molar-refractivity contribution >= 4 is 22.4 Å². The van der Waals surface area contributed by atoms with E-state index < -0.39 is 5.79 Å². The molecule has 0 bridgehead atoms. The fourth-order valence-corrected chi connectivity index (χ4v) is 4.67. The normalized spacial score (nSPS) is 21.8. The minimum absolute atomic E-state index is 0.0844. The van der Waals surface area contributed by atoms with Crippen LogP contribution in [0.4, 0.5) is 5.95 Å². The number of nitrogens with one attached hydrogen (secondary N) is 1. The molecule has 2 aliphatic heterocycles. The average molecular weight is 457 g/mol. The molecule has 0 radical (unpaired) electrons. The molecule has 9 heteroatoms. The van der Waals surface area contributed by atoms with E-state index in [1.165, 1.54) is 5.57 Å². The Morgan fingerprint density at radius 3 is 2.70 bits per heavy atom. The van der Waals surface area contributed by atoms with E-state index in [2.05, 4.69) is 16.4 Å². The van der Waals surface area contributed by atoms with Crippen LogP contribution >= 0.6 is 0 Å². The second-order valence-electron chi connectivity index (χ2n) is 8.90. The summed E-state index contributed by atoms with van der Waals surface area (Å²) in [5, 5.41) is 4.14. The Balaban J connectivity index is 1.48. The molecule has 0 saturated carbocycles. The molecule has 5 rings (SSSR count). The van der Waals surface area contributed by atoms with Gasteiger partial charge in [0.05, 0.1) is 43.9 Å². The topological polar surface area (TPSA) is 96.9 Å². The number of fused-ring (bicyclic) bond motifs is 1. The number of aromatic nitrogens is 3. The first-order valence-corrected chi connectivity index (χ1v) is 11.8. The Bertz CT molecular complexity index is 1000. The Kier molecular flexibility index (Phi) is 6.73.